The molecule has 1 aromatic carbocycles. The summed E-state index contributed by atoms with van der Waals surface area (Å²) in [5.41, 5.74) is 7.74. The number of nitrogens with two attached hydrogens (primary N) is 1. The molecule has 0 spiro atoms. The van der Waals surface area contributed by atoms with E-state index in [1.807, 2.05) is 18.2 Å². The molecular formula is C12H17N3O2. The van der Waals surface area contributed by atoms with Crippen LogP contribution in [0.15, 0.2) is 27.4 Å². The SMILES string of the molecule is CC(CCN)CNc1ccc2[nH]c(=O)oc2c1. The zero-order chi connectivity index (χ0) is 12.3. The van der Waals surface area contributed by atoms with Gasteiger partial charge >= 0.3 is 5.76 Å². The van der Waals surface area contributed by atoms with Crippen molar-refractivity contribution in [3.05, 3.63) is 28.7 Å². The van der Waals surface area contributed by atoms with Gasteiger partial charge in [0.15, 0.2) is 5.58 Å². The van der Waals surface area contributed by atoms with Gasteiger partial charge in [-0.15, -0.1) is 0 Å². The first-order valence-corrected chi connectivity index (χ1v) is 5.76. The molecular weight excluding hydrogens is 218 g/mol. The minimum Gasteiger partial charge on any atom is -0.408 e. The molecule has 2 rings (SSSR count). The summed E-state index contributed by atoms with van der Waals surface area (Å²) >= 11 is 0. The number of nitrogens with one attached hydrogen (secondary N) is 2. The van der Waals surface area contributed by atoms with Gasteiger partial charge in [-0.2, -0.15) is 0 Å². The number of hydrogen-bond acceptors (Lipinski definition) is 4. The molecule has 0 aliphatic carbocycles. The van der Waals surface area contributed by atoms with E-state index in [9.17, 15) is 4.79 Å². The van der Waals surface area contributed by atoms with E-state index in [1.165, 1.54) is 0 Å². The predicted molar refractivity (Wildman–Crippen MR) is 68.2 cm³/mol. The van der Waals surface area contributed by atoms with Crippen LogP contribution < -0.4 is 16.8 Å². The lowest BCUT2D eigenvalue weighted by molar-refractivity contribution is 0.555. The van der Waals surface area contributed by atoms with Crippen molar-refractivity contribution in [1.82, 2.24) is 4.98 Å². The minimum atomic E-state index is -0.423. The molecule has 4 N–H and O–H groups in total. The van der Waals surface area contributed by atoms with Crippen molar-refractivity contribution in [2.24, 2.45) is 11.7 Å². The molecule has 0 radical (unpaired) electrons. The summed E-state index contributed by atoms with van der Waals surface area (Å²) in [6.07, 6.45) is 0.995. The number of aromatic nitrogens is 1. The second kappa shape index (κ2) is 5.05. The van der Waals surface area contributed by atoms with Gasteiger partial charge in [0.05, 0.1) is 5.52 Å². The molecule has 0 bridgehead atoms. The Balaban J connectivity index is 2.06. The molecule has 0 aliphatic rings. The second-order valence-corrected chi connectivity index (χ2v) is 4.29. The number of benzene rings is 1. The standard InChI is InChI=1S/C12H17N3O2/c1-8(4-5-13)7-14-9-2-3-10-11(6-9)17-12(16)15-10/h2-3,6,8,14H,4-5,7,13H2,1H3,(H,15,16). The molecule has 0 aliphatic heterocycles. The number of H-pyrrole nitrogens is 1. The van der Waals surface area contributed by atoms with E-state index < -0.39 is 5.76 Å². The molecule has 5 heteroatoms. The summed E-state index contributed by atoms with van der Waals surface area (Å²) in [5.74, 6) is 0.0996. The molecule has 1 heterocycles. The number of rotatable bonds is 5. The fourth-order valence-electron chi connectivity index (χ4n) is 1.73. The molecule has 1 unspecified atom stereocenters. The first-order valence-electron chi connectivity index (χ1n) is 5.76. The highest BCUT2D eigenvalue weighted by atomic mass is 16.4. The molecule has 17 heavy (non-hydrogen) atoms. The monoisotopic (exact) mass is 235 g/mol. The minimum absolute atomic E-state index is 0.423. The lowest BCUT2D eigenvalue weighted by Crippen LogP contribution is -2.15. The third-order valence-corrected chi connectivity index (χ3v) is 2.74. The van der Waals surface area contributed by atoms with E-state index in [1.54, 1.807) is 0 Å². The van der Waals surface area contributed by atoms with Crippen molar-refractivity contribution < 1.29 is 4.42 Å². The van der Waals surface area contributed by atoms with Crippen LogP contribution in [0.1, 0.15) is 13.3 Å². The third-order valence-electron chi connectivity index (χ3n) is 2.74. The van der Waals surface area contributed by atoms with Gasteiger partial charge in [-0.05, 0) is 31.0 Å². The van der Waals surface area contributed by atoms with E-state index in [2.05, 4.69) is 17.2 Å². The van der Waals surface area contributed by atoms with Crippen LogP contribution in [0.5, 0.6) is 0 Å². The van der Waals surface area contributed by atoms with Crippen molar-refractivity contribution in [3.8, 4) is 0 Å². The van der Waals surface area contributed by atoms with Crippen molar-refractivity contribution in [2.75, 3.05) is 18.4 Å². The van der Waals surface area contributed by atoms with Gasteiger partial charge < -0.3 is 15.5 Å². The first-order chi connectivity index (χ1) is 8.19. The second-order valence-electron chi connectivity index (χ2n) is 4.29. The Morgan fingerprint density at radius 2 is 2.35 bits per heavy atom. The van der Waals surface area contributed by atoms with Gasteiger partial charge in [0.2, 0.25) is 0 Å². The fraction of sp³-hybridized carbons (Fsp3) is 0.417. The molecule has 1 atom stereocenters. The maximum atomic E-state index is 11.0. The smallest absolute Gasteiger partial charge is 0.408 e. The van der Waals surface area contributed by atoms with Gasteiger partial charge in [-0.25, -0.2) is 4.79 Å². The Morgan fingerprint density at radius 1 is 1.53 bits per heavy atom. The molecule has 0 amide bonds. The van der Waals surface area contributed by atoms with Crippen LogP contribution >= 0.6 is 0 Å². The largest absolute Gasteiger partial charge is 0.417 e. The Bertz CT molecular complexity index is 544. The van der Waals surface area contributed by atoms with Gasteiger partial charge in [0, 0.05) is 18.3 Å². The first kappa shape index (κ1) is 11.7. The summed E-state index contributed by atoms with van der Waals surface area (Å²) in [6, 6.07) is 5.57. The number of fused-ring (bicyclic) bond motifs is 1. The maximum absolute atomic E-state index is 11.0. The number of aromatic amines is 1. The third kappa shape index (κ3) is 2.88. The molecule has 0 saturated carbocycles. The van der Waals surface area contributed by atoms with Crippen LogP contribution in [-0.2, 0) is 0 Å². The number of anilines is 1. The molecule has 92 valence electrons. The van der Waals surface area contributed by atoms with E-state index in [0.717, 1.165) is 24.2 Å². The quantitative estimate of drug-likeness (QED) is 0.733. The Labute approximate surface area is 99.0 Å². The van der Waals surface area contributed by atoms with Gasteiger partial charge in [-0.1, -0.05) is 6.92 Å². The van der Waals surface area contributed by atoms with E-state index in [0.29, 0.717) is 18.0 Å². The van der Waals surface area contributed by atoms with Crippen LogP contribution in [0.3, 0.4) is 0 Å². The fourth-order valence-corrected chi connectivity index (χ4v) is 1.73. The summed E-state index contributed by atoms with van der Waals surface area (Å²) in [7, 11) is 0. The molecule has 0 fully saturated rings. The lowest BCUT2D eigenvalue weighted by Gasteiger charge is -2.12. The van der Waals surface area contributed by atoms with E-state index in [-0.39, 0.29) is 0 Å². The lowest BCUT2D eigenvalue weighted by atomic mass is 10.1. The van der Waals surface area contributed by atoms with Gasteiger partial charge in [-0.3, -0.25) is 4.98 Å². The van der Waals surface area contributed by atoms with E-state index in [4.69, 9.17) is 10.2 Å². The summed E-state index contributed by atoms with van der Waals surface area (Å²) in [6.45, 7) is 3.71. The van der Waals surface area contributed by atoms with Crippen molar-refractivity contribution in [3.63, 3.8) is 0 Å². The highest BCUT2D eigenvalue weighted by Gasteiger charge is 2.04. The topological polar surface area (TPSA) is 84.0 Å². The van der Waals surface area contributed by atoms with Gasteiger partial charge in [0.1, 0.15) is 0 Å². The molecule has 5 nitrogen and oxygen atoms in total. The van der Waals surface area contributed by atoms with Gasteiger partial charge in [0.25, 0.3) is 0 Å². The predicted octanol–water partition coefficient (Wildman–Crippen LogP) is 1.52. The molecule has 0 saturated heterocycles. The Kier molecular flexibility index (Phi) is 3.49. The average molecular weight is 235 g/mol. The maximum Gasteiger partial charge on any atom is 0.417 e. The van der Waals surface area contributed by atoms with E-state index >= 15 is 0 Å². The van der Waals surface area contributed by atoms with Crippen molar-refractivity contribution >= 4 is 16.8 Å². The number of hydrogen-bond donors (Lipinski definition) is 3. The average Bonchev–Trinajstić information content (AvgIpc) is 2.66. The highest BCUT2D eigenvalue weighted by Crippen LogP contribution is 2.16. The summed E-state index contributed by atoms with van der Waals surface area (Å²) in [5, 5.41) is 3.30. The zero-order valence-corrected chi connectivity index (χ0v) is 9.82. The summed E-state index contributed by atoms with van der Waals surface area (Å²) < 4.78 is 4.99. The van der Waals surface area contributed by atoms with Crippen molar-refractivity contribution in [2.45, 2.75) is 13.3 Å². The van der Waals surface area contributed by atoms with Crippen LogP contribution in [0.2, 0.25) is 0 Å². The normalized spacial score (nSPS) is 12.8. The zero-order valence-electron chi connectivity index (χ0n) is 9.82. The van der Waals surface area contributed by atoms with Crippen LogP contribution in [0.25, 0.3) is 11.1 Å². The van der Waals surface area contributed by atoms with Crippen LogP contribution in [0, 0.1) is 5.92 Å². The van der Waals surface area contributed by atoms with Crippen LogP contribution in [-0.4, -0.2) is 18.1 Å². The highest BCUT2D eigenvalue weighted by molar-refractivity contribution is 5.76. The van der Waals surface area contributed by atoms with Crippen molar-refractivity contribution in [1.29, 1.82) is 0 Å². The van der Waals surface area contributed by atoms with Crippen LogP contribution in [0.4, 0.5) is 5.69 Å². The molecule has 2 aromatic rings. The Morgan fingerprint density at radius 3 is 3.12 bits per heavy atom. The molecule has 1 aromatic heterocycles. The Hall–Kier alpha value is -1.75. The summed E-state index contributed by atoms with van der Waals surface area (Å²) in [4.78, 5) is 13.6. The number of oxazole rings is 1.